The van der Waals surface area contributed by atoms with E-state index in [2.05, 4.69) is 5.16 Å². The van der Waals surface area contributed by atoms with Crippen LogP contribution in [0.15, 0.2) is 5.16 Å². The Bertz CT molecular complexity index is 167. The fourth-order valence-corrected chi connectivity index (χ4v) is 1.15. The Kier molecular flexibility index (Phi) is 1.73. The van der Waals surface area contributed by atoms with Crippen LogP contribution in [0.25, 0.3) is 0 Å². The van der Waals surface area contributed by atoms with Gasteiger partial charge in [-0.1, -0.05) is 5.16 Å². The lowest BCUT2D eigenvalue weighted by Crippen LogP contribution is -2.41. The van der Waals surface area contributed by atoms with E-state index in [1.807, 2.05) is 13.8 Å². The molecule has 4 heteroatoms. The summed E-state index contributed by atoms with van der Waals surface area (Å²) in [6.07, 6.45) is 0.764. The molecule has 0 amide bonds. The van der Waals surface area contributed by atoms with Crippen molar-refractivity contribution in [2.24, 2.45) is 5.16 Å². The van der Waals surface area contributed by atoms with Gasteiger partial charge in [0, 0.05) is 12.0 Å². The molecule has 1 aliphatic heterocycles. The van der Waals surface area contributed by atoms with Gasteiger partial charge in [-0.15, -0.1) is 0 Å². The molecule has 0 bridgehead atoms. The van der Waals surface area contributed by atoms with Gasteiger partial charge in [0.05, 0.1) is 5.71 Å². The monoisotopic (exact) mass is 138 g/mol. The Morgan fingerprint density at radius 1 is 1.70 bits per heavy atom. The van der Waals surface area contributed by atoms with E-state index in [0.717, 1.165) is 18.7 Å². The van der Waals surface area contributed by atoms with Crippen molar-refractivity contribution < 1.29 is 5.21 Å². The first-order chi connectivity index (χ1) is 4.59. The molecule has 1 aliphatic rings. The normalized spacial score (nSPS) is 29.6. The molecule has 1 saturated heterocycles. The SMILES string of the molecule is [B]N1CC/C(=N/O)C1(C)C. The zero-order valence-electron chi connectivity index (χ0n) is 6.33. The lowest BCUT2D eigenvalue weighted by atomic mass is 9.97. The van der Waals surface area contributed by atoms with Crippen molar-refractivity contribution in [3.8, 4) is 0 Å². The quantitative estimate of drug-likeness (QED) is 0.298. The van der Waals surface area contributed by atoms with Crippen LogP contribution in [-0.2, 0) is 0 Å². The van der Waals surface area contributed by atoms with E-state index in [0.29, 0.717) is 0 Å². The van der Waals surface area contributed by atoms with Gasteiger partial charge in [0.2, 0.25) is 0 Å². The highest BCUT2D eigenvalue weighted by atomic mass is 16.4. The molecule has 0 atom stereocenters. The maximum absolute atomic E-state index is 8.53. The molecule has 0 aliphatic carbocycles. The predicted octanol–water partition coefficient (Wildman–Crippen LogP) is 0.384. The highest BCUT2D eigenvalue weighted by molar-refractivity contribution is 6.10. The molecule has 0 unspecified atom stereocenters. The summed E-state index contributed by atoms with van der Waals surface area (Å²) in [5.74, 6) is 0. The topological polar surface area (TPSA) is 35.8 Å². The second-order valence-corrected chi connectivity index (χ2v) is 3.05. The van der Waals surface area contributed by atoms with Gasteiger partial charge < -0.3 is 10.0 Å². The van der Waals surface area contributed by atoms with Gasteiger partial charge in [-0.25, -0.2) is 0 Å². The molecule has 0 saturated carbocycles. The van der Waals surface area contributed by atoms with Gasteiger partial charge >= 0.3 is 0 Å². The minimum absolute atomic E-state index is 0.269. The summed E-state index contributed by atoms with van der Waals surface area (Å²) >= 11 is 0. The Morgan fingerprint density at radius 2 is 2.30 bits per heavy atom. The van der Waals surface area contributed by atoms with Crippen molar-refractivity contribution in [3.05, 3.63) is 0 Å². The molecule has 2 radical (unpaired) electrons. The van der Waals surface area contributed by atoms with Gasteiger partial charge in [0.25, 0.3) is 0 Å². The minimum Gasteiger partial charge on any atom is -0.411 e. The van der Waals surface area contributed by atoms with E-state index in [4.69, 9.17) is 13.2 Å². The Morgan fingerprint density at radius 3 is 2.50 bits per heavy atom. The Labute approximate surface area is 62.1 Å². The molecule has 0 aromatic rings. The average molecular weight is 138 g/mol. The second-order valence-electron chi connectivity index (χ2n) is 3.05. The standard InChI is InChI=1S/C6H11BN2O/c1-6(2)5(8-10)3-4-9(6)7/h10H,3-4H2,1-2H3/b8-5-. The lowest BCUT2D eigenvalue weighted by Gasteiger charge is -2.27. The van der Waals surface area contributed by atoms with Crippen LogP contribution in [0.1, 0.15) is 20.3 Å². The molecule has 10 heavy (non-hydrogen) atoms. The van der Waals surface area contributed by atoms with Gasteiger partial charge in [-0.3, -0.25) is 0 Å². The van der Waals surface area contributed by atoms with E-state index in [-0.39, 0.29) is 5.54 Å². The molecule has 0 aromatic carbocycles. The van der Waals surface area contributed by atoms with Crippen LogP contribution in [0, 0.1) is 0 Å². The molecule has 54 valence electrons. The second kappa shape index (κ2) is 2.27. The summed E-state index contributed by atoms with van der Waals surface area (Å²) in [7, 11) is 5.62. The Hall–Kier alpha value is -0.505. The van der Waals surface area contributed by atoms with E-state index in [1.54, 1.807) is 4.81 Å². The molecule has 0 spiro atoms. The third-order valence-electron chi connectivity index (χ3n) is 2.13. The van der Waals surface area contributed by atoms with Gasteiger partial charge in [-0.2, -0.15) is 0 Å². The van der Waals surface area contributed by atoms with Crippen molar-refractivity contribution >= 4 is 13.7 Å². The maximum Gasteiger partial charge on any atom is 0.183 e. The molecule has 3 nitrogen and oxygen atoms in total. The summed E-state index contributed by atoms with van der Waals surface area (Å²) in [6, 6.07) is 0. The van der Waals surface area contributed by atoms with E-state index >= 15 is 0 Å². The van der Waals surface area contributed by atoms with Crippen molar-refractivity contribution in [2.75, 3.05) is 6.54 Å². The summed E-state index contributed by atoms with van der Waals surface area (Å²) in [5.41, 5.74) is 0.490. The maximum atomic E-state index is 8.53. The lowest BCUT2D eigenvalue weighted by molar-refractivity contribution is 0.305. The fourth-order valence-electron chi connectivity index (χ4n) is 1.15. The van der Waals surface area contributed by atoms with Crippen LogP contribution >= 0.6 is 0 Å². The first-order valence-electron chi connectivity index (χ1n) is 3.33. The number of hydrogen-bond acceptors (Lipinski definition) is 3. The zero-order chi connectivity index (χ0) is 7.78. The number of rotatable bonds is 0. The first-order valence-corrected chi connectivity index (χ1v) is 3.33. The largest absolute Gasteiger partial charge is 0.411 e. The van der Waals surface area contributed by atoms with Gasteiger partial charge in [-0.05, 0) is 20.4 Å². The van der Waals surface area contributed by atoms with Crippen LogP contribution in [0.4, 0.5) is 0 Å². The predicted molar refractivity (Wildman–Crippen MR) is 40.4 cm³/mol. The fraction of sp³-hybridized carbons (Fsp3) is 0.833. The van der Waals surface area contributed by atoms with Crippen molar-refractivity contribution in [2.45, 2.75) is 25.8 Å². The number of hydrogen-bond donors (Lipinski definition) is 1. The number of oxime groups is 1. The highest BCUT2D eigenvalue weighted by Crippen LogP contribution is 2.23. The average Bonchev–Trinajstić information content (AvgIpc) is 2.10. The summed E-state index contributed by atoms with van der Waals surface area (Å²) in [6.45, 7) is 4.65. The summed E-state index contributed by atoms with van der Waals surface area (Å²) in [5, 5.41) is 11.7. The molecular weight excluding hydrogens is 127 g/mol. The van der Waals surface area contributed by atoms with E-state index in [1.165, 1.54) is 0 Å². The molecule has 0 aromatic heterocycles. The van der Waals surface area contributed by atoms with Gasteiger partial charge in [0.15, 0.2) is 7.98 Å². The molecule has 1 fully saturated rings. The highest BCUT2D eigenvalue weighted by Gasteiger charge is 2.35. The molecule has 1 N–H and O–H groups in total. The van der Waals surface area contributed by atoms with Crippen LogP contribution in [0.2, 0.25) is 0 Å². The third-order valence-corrected chi connectivity index (χ3v) is 2.13. The molecular formula is C6H11BN2O. The van der Waals surface area contributed by atoms with Crippen LogP contribution in [0.3, 0.4) is 0 Å². The third kappa shape index (κ3) is 0.924. The van der Waals surface area contributed by atoms with Crippen LogP contribution in [-0.4, -0.2) is 35.8 Å². The Balaban J connectivity index is 2.84. The molecule has 1 heterocycles. The van der Waals surface area contributed by atoms with Crippen LogP contribution in [0.5, 0.6) is 0 Å². The summed E-state index contributed by atoms with van der Waals surface area (Å²) in [4.78, 5) is 1.68. The van der Waals surface area contributed by atoms with Crippen molar-refractivity contribution in [1.29, 1.82) is 0 Å². The van der Waals surface area contributed by atoms with Gasteiger partial charge in [0.1, 0.15) is 0 Å². The zero-order valence-corrected chi connectivity index (χ0v) is 6.33. The van der Waals surface area contributed by atoms with Crippen LogP contribution < -0.4 is 0 Å². The van der Waals surface area contributed by atoms with Crippen molar-refractivity contribution in [3.63, 3.8) is 0 Å². The smallest absolute Gasteiger partial charge is 0.183 e. The van der Waals surface area contributed by atoms with E-state index < -0.39 is 0 Å². The first kappa shape index (κ1) is 7.60. The summed E-state index contributed by atoms with van der Waals surface area (Å²) < 4.78 is 0. The van der Waals surface area contributed by atoms with Crippen molar-refractivity contribution in [1.82, 2.24) is 4.81 Å². The number of nitrogens with zero attached hydrogens (tertiary/aromatic N) is 2. The minimum atomic E-state index is -0.269. The van der Waals surface area contributed by atoms with E-state index in [9.17, 15) is 0 Å². The molecule has 1 rings (SSSR count).